The molecule has 0 aliphatic carbocycles. The second-order valence-corrected chi connectivity index (χ2v) is 5.00. The van der Waals surface area contributed by atoms with Crippen LogP contribution < -0.4 is 9.80 Å². The van der Waals surface area contributed by atoms with Crippen LogP contribution in [-0.4, -0.2) is 33.2 Å². The van der Waals surface area contributed by atoms with Crippen molar-refractivity contribution in [1.29, 1.82) is 0 Å². The number of ether oxygens (including phenoxy) is 1. The van der Waals surface area contributed by atoms with E-state index in [1.807, 2.05) is 48.9 Å². The number of hydrogen-bond acceptors (Lipinski definition) is 6. The molecule has 7 heteroatoms. The molecule has 2 aromatic heterocycles. The molecule has 0 saturated heterocycles. The fourth-order valence-electron chi connectivity index (χ4n) is 2.32. The summed E-state index contributed by atoms with van der Waals surface area (Å²) in [5, 5.41) is 1.69. The molecule has 0 aliphatic heterocycles. The lowest BCUT2D eigenvalue weighted by atomic mass is 10.2. The fourth-order valence-corrected chi connectivity index (χ4v) is 2.32. The summed E-state index contributed by atoms with van der Waals surface area (Å²) in [5.74, 6) is 0.588. The zero-order valence-corrected chi connectivity index (χ0v) is 13.4. The summed E-state index contributed by atoms with van der Waals surface area (Å²) in [6.45, 7) is 2.94. The molecule has 0 amide bonds. The van der Waals surface area contributed by atoms with Gasteiger partial charge in [-0.3, -0.25) is 4.84 Å². The van der Waals surface area contributed by atoms with Gasteiger partial charge in [0, 0.05) is 7.05 Å². The van der Waals surface area contributed by atoms with Crippen LogP contribution in [0.1, 0.15) is 12.5 Å². The Kier molecular flexibility index (Phi) is 4.38. The SMILES string of the molecule is CCOc1nc(N(Cc2ccccc2)OC)c2ncn(C)c2n1. The van der Waals surface area contributed by atoms with E-state index in [0.717, 1.165) is 5.56 Å². The van der Waals surface area contributed by atoms with E-state index in [1.54, 1.807) is 18.5 Å². The standard InChI is InChI=1S/C16H19N5O2/c1-4-23-16-18-14-13(17-11-20(14)2)15(19-16)21(22-3)10-12-8-6-5-7-9-12/h5-9,11H,4,10H2,1-3H3. The van der Waals surface area contributed by atoms with Gasteiger partial charge in [-0.15, -0.1) is 0 Å². The number of aromatic nitrogens is 4. The lowest BCUT2D eigenvalue weighted by molar-refractivity contribution is 0.160. The van der Waals surface area contributed by atoms with E-state index >= 15 is 0 Å². The number of hydrogen-bond donors (Lipinski definition) is 0. The van der Waals surface area contributed by atoms with Crippen LogP contribution in [0.2, 0.25) is 0 Å². The van der Waals surface area contributed by atoms with E-state index < -0.39 is 0 Å². The molecular weight excluding hydrogens is 294 g/mol. The lowest BCUT2D eigenvalue weighted by Crippen LogP contribution is -2.23. The molecule has 0 unspecified atom stereocenters. The maximum atomic E-state index is 5.53. The molecule has 0 spiro atoms. The Hall–Kier alpha value is -2.67. The van der Waals surface area contributed by atoms with E-state index in [1.165, 1.54) is 0 Å². The minimum atomic E-state index is 0.314. The Bertz CT molecular complexity index is 788. The van der Waals surface area contributed by atoms with Crippen molar-refractivity contribution < 1.29 is 9.57 Å². The number of hydroxylamine groups is 1. The van der Waals surface area contributed by atoms with Crippen LogP contribution in [-0.2, 0) is 18.4 Å². The largest absolute Gasteiger partial charge is 0.464 e. The zero-order valence-electron chi connectivity index (χ0n) is 13.4. The average molecular weight is 313 g/mol. The van der Waals surface area contributed by atoms with Crippen molar-refractivity contribution in [3.8, 4) is 6.01 Å². The van der Waals surface area contributed by atoms with Crippen LogP contribution >= 0.6 is 0 Å². The van der Waals surface area contributed by atoms with Crippen molar-refractivity contribution in [3.63, 3.8) is 0 Å². The van der Waals surface area contributed by atoms with Gasteiger partial charge in [0.25, 0.3) is 0 Å². The molecule has 0 saturated carbocycles. The van der Waals surface area contributed by atoms with Gasteiger partial charge in [-0.05, 0) is 12.5 Å². The van der Waals surface area contributed by atoms with Gasteiger partial charge in [-0.25, -0.2) is 10.0 Å². The summed E-state index contributed by atoms with van der Waals surface area (Å²) in [5.41, 5.74) is 2.48. The normalized spacial score (nSPS) is 10.9. The van der Waals surface area contributed by atoms with E-state index in [-0.39, 0.29) is 0 Å². The lowest BCUT2D eigenvalue weighted by Gasteiger charge is -2.21. The molecule has 1 aromatic carbocycles. The van der Waals surface area contributed by atoms with Gasteiger partial charge in [0.1, 0.15) is 0 Å². The molecule has 120 valence electrons. The number of imidazole rings is 1. The first-order valence-corrected chi connectivity index (χ1v) is 7.40. The molecular formula is C16H19N5O2. The van der Waals surface area contributed by atoms with Crippen molar-refractivity contribution in [2.24, 2.45) is 7.05 Å². The number of aryl methyl sites for hydroxylation is 1. The van der Waals surface area contributed by atoms with Crippen molar-refractivity contribution in [2.75, 3.05) is 18.8 Å². The molecule has 0 atom stereocenters. The first kappa shape index (κ1) is 15.2. The monoisotopic (exact) mass is 313 g/mol. The Morgan fingerprint density at radius 3 is 2.65 bits per heavy atom. The highest BCUT2D eigenvalue weighted by Crippen LogP contribution is 2.26. The minimum absolute atomic E-state index is 0.314. The second-order valence-electron chi connectivity index (χ2n) is 5.00. The molecule has 0 bridgehead atoms. The van der Waals surface area contributed by atoms with Crippen LogP contribution in [0.3, 0.4) is 0 Å². The quantitative estimate of drug-likeness (QED) is 0.651. The van der Waals surface area contributed by atoms with E-state index in [9.17, 15) is 0 Å². The minimum Gasteiger partial charge on any atom is -0.464 e. The Labute approximate surface area is 134 Å². The smallest absolute Gasteiger partial charge is 0.320 e. The van der Waals surface area contributed by atoms with Crippen molar-refractivity contribution in [2.45, 2.75) is 13.5 Å². The van der Waals surface area contributed by atoms with Crippen LogP contribution in [0.5, 0.6) is 6.01 Å². The van der Waals surface area contributed by atoms with Crippen LogP contribution in [0.4, 0.5) is 5.82 Å². The number of fused-ring (bicyclic) bond motifs is 1. The summed E-state index contributed by atoms with van der Waals surface area (Å²) in [7, 11) is 3.50. The maximum Gasteiger partial charge on any atom is 0.320 e. The summed E-state index contributed by atoms with van der Waals surface area (Å²) in [6.07, 6.45) is 1.70. The fraction of sp³-hybridized carbons (Fsp3) is 0.312. The Morgan fingerprint density at radius 1 is 1.17 bits per heavy atom. The third-order valence-electron chi connectivity index (χ3n) is 3.42. The highest BCUT2D eigenvalue weighted by Gasteiger charge is 2.19. The molecule has 7 nitrogen and oxygen atoms in total. The van der Waals surface area contributed by atoms with Gasteiger partial charge in [0.2, 0.25) is 0 Å². The molecule has 0 aliphatic rings. The van der Waals surface area contributed by atoms with E-state index in [2.05, 4.69) is 15.0 Å². The predicted octanol–water partition coefficient (Wildman–Crippen LogP) is 2.33. The molecule has 23 heavy (non-hydrogen) atoms. The number of rotatable bonds is 6. The van der Waals surface area contributed by atoms with Gasteiger partial charge in [0.05, 0.1) is 26.6 Å². The number of nitrogens with zero attached hydrogens (tertiary/aromatic N) is 5. The highest BCUT2D eigenvalue weighted by atomic mass is 16.7. The van der Waals surface area contributed by atoms with Gasteiger partial charge in [-0.1, -0.05) is 30.3 Å². The van der Waals surface area contributed by atoms with Gasteiger partial charge >= 0.3 is 6.01 Å². The molecule has 2 heterocycles. The van der Waals surface area contributed by atoms with Crippen LogP contribution in [0, 0.1) is 0 Å². The predicted molar refractivity (Wildman–Crippen MR) is 87.1 cm³/mol. The van der Waals surface area contributed by atoms with Crippen molar-refractivity contribution in [3.05, 3.63) is 42.2 Å². The molecule has 0 fully saturated rings. The maximum absolute atomic E-state index is 5.53. The summed E-state index contributed by atoms with van der Waals surface area (Å²) in [6, 6.07) is 10.3. The first-order valence-electron chi connectivity index (χ1n) is 7.40. The topological polar surface area (TPSA) is 65.3 Å². The third-order valence-corrected chi connectivity index (χ3v) is 3.42. The third kappa shape index (κ3) is 3.09. The van der Waals surface area contributed by atoms with Gasteiger partial charge in [-0.2, -0.15) is 9.97 Å². The number of anilines is 1. The highest BCUT2D eigenvalue weighted by molar-refractivity contribution is 5.83. The Balaban J connectivity index is 2.04. The molecule has 3 rings (SSSR count). The average Bonchev–Trinajstić information content (AvgIpc) is 2.95. The van der Waals surface area contributed by atoms with E-state index in [0.29, 0.717) is 36.1 Å². The number of benzene rings is 1. The van der Waals surface area contributed by atoms with Crippen LogP contribution in [0.25, 0.3) is 11.2 Å². The summed E-state index contributed by atoms with van der Waals surface area (Å²) < 4.78 is 7.31. The van der Waals surface area contributed by atoms with Crippen LogP contribution in [0.15, 0.2) is 36.7 Å². The molecule has 3 aromatic rings. The first-order chi connectivity index (χ1) is 11.2. The van der Waals surface area contributed by atoms with Gasteiger partial charge < -0.3 is 9.30 Å². The van der Waals surface area contributed by atoms with Crippen molar-refractivity contribution in [1.82, 2.24) is 19.5 Å². The Morgan fingerprint density at radius 2 is 1.96 bits per heavy atom. The van der Waals surface area contributed by atoms with Crippen molar-refractivity contribution >= 4 is 17.0 Å². The zero-order chi connectivity index (χ0) is 16.2. The molecule has 0 N–H and O–H groups in total. The molecule has 0 radical (unpaired) electrons. The summed E-state index contributed by atoms with van der Waals surface area (Å²) >= 11 is 0. The van der Waals surface area contributed by atoms with Gasteiger partial charge in [0.15, 0.2) is 17.0 Å². The van der Waals surface area contributed by atoms with E-state index in [4.69, 9.17) is 9.57 Å². The second kappa shape index (κ2) is 6.62. The summed E-state index contributed by atoms with van der Waals surface area (Å²) in [4.78, 5) is 18.8.